The molecule has 1 aromatic carbocycles. The van der Waals surface area contributed by atoms with Gasteiger partial charge in [0.05, 0.1) is 0 Å². The van der Waals surface area contributed by atoms with Gasteiger partial charge in [-0.15, -0.1) is 0 Å². The molecular formula is C19H31N. The Hall–Kier alpha value is -0.820. The van der Waals surface area contributed by atoms with Crippen molar-refractivity contribution < 1.29 is 0 Å². The number of piperidine rings is 1. The highest BCUT2D eigenvalue weighted by molar-refractivity contribution is 5.30. The Morgan fingerprint density at radius 1 is 1.15 bits per heavy atom. The average Bonchev–Trinajstić information content (AvgIpc) is 2.41. The summed E-state index contributed by atoms with van der Waals surface area (Å²) in [6, 6.07) is 10.1. The molecule has 0 bridgehead atoms. The zero-order valence-corrected chi connectivity index (χ0v) is 13.9. The summed E-state index contributed by atoms with van der Waals surface area (Å²) in [5.74, 6) is 0.712. The lowest BCUT2D eigenvalue weighted by Crippen LogP contribution is -2.42. The molecule has 1 aliphatic heterocycles. The van der Waals surface area contributed by atoms with Gasteiger partial charge in [-0.25, -0.2) is 0 Å². The fourth-order valence-corrected chi connectivity index (χ4v) is 3.49. The lowest BCUT2D eigenvalue weighted by Gasteiger charge is -2.39. The molecule has 112 valence electrons. The molecule has 0 aliphatic carbocycles. The molecule has 2 atom stereocenters. The molecule has 0 amide bonds. The zero-order chi connectivity index (χ0) is 14.8. The molecule has 20 heavy (non-hydrogen) atoms. The van der Waals surface area contributed by atoms with Gasteiger partial charge in [-0.1, -0.05) is 52.0 Å². The normalized spacial score (nSPS) is 24.9. The van der Waals surface area contributed by atoms with Gasteiger partial charge in [-0.2, -0.15) is 0 Å². The monoisotopic (exact) mass is 273 g/mol. The summed E-state index contributed by atoms with van der Waals surface area (Å²) < 4.78 is 0. The van der Waals surface area contributed by atoms with Crippen molar-refractivity contribution in [3.05, 3.63) is 35.4 Å². The summed E-state index contributed by atoms with van der Waals surface area (Å²) in [7, 11) is 0. The summed E-state index contributed by atoms with van der Waals surface area (Å²) in [5, 5.41) is 0. The molecule has 1 nitrogen and oxygen atoms in total. The van der Waals surface area contributed by atoms with Crippen LogP contribution in [0.4, 0.5) is 0 Å². The number of benzene rings is 1. The predicted octanol–water partition coefficient (Wildman–Crippen LogP) is 4.96. The molecule has 1 heterocycles. The zero-order valence-electron chi connectivity index (χ0n) is 13.9. The third-order valence-corrected chi connectivity index (χ3v) is 4.83. The number of likely N-dealkylation sites (tertiary alicyclic amines) is 1. The largest absolute Gasteiger partial charge is 0.300 e. The highest BCUT2D eigenvalue weighted by atomic mass is 15.2. The number of rotatable bonds is 3. The van der Waals surface area contributed by atoms with Crippen LogP contribution in [-0.4, -0.2) is 24.0 Å². The van der Waals surface area contributed by atoms with E-state index >= 15 is 0 Å². The Bertz CT molecular complexity index is 410. The number of nitrogens with zero attached hydrogens (tertiary/aromatic N) is 1. The third kappa shape index (κ3) is 3.44. The standard InChI is InChI=1S/C19H31N/c1-6-13-20-14-7-8-18(15(20)2)16-9-11-17(12-10-16)19(3,4)5/h9-12,15,18H,6-8,13-14H2,1-5H3. The number of hydrogen-bond donors (Lipinski definition) is 0. The highest BCUT2D eigenvalue weighted by Crippen LogP contribution is 2.33. The molecule has 0 N–H and O–H groups in total. The SMILES string of the molecule is CCCN1CCCC(c2ccc(C(C)(C)C)cc2)C1C. The van der Waals surface area contributed by atoms with E-state index in [-0.39, 0.29) is 5.41 Å². The van der Waals surface area contributed by atoms with Crippen molar-refractivity contribution in [3.8, 4) is 0 Å². The first-order valence-electron chi connectivity index (χ1n) is 8.28. The highest BCUT2D eigenvalue weighted by Gasteiger charge is 2.28. The Balaban J connectivity index is 2.14. The van der Waals surface area contributed by atoms with Crippen LogP contribution in [-0.2, 0) is 5.41 Å². The topological polar surface area (TPSA) is 3.24 Å². The van der Waals surface area contributed by atoms with Crippen molar-refractivity contribution in [1.82, 2.24) is 4.90 Å². The molecule has 0 spiro atoms. The van der Waals surface area contributed by atoms with Gasteiger partial charge < -0.3 is 4.90 Å². The van der Waals surface area contributed by atoms with Crippen molar-refractivity contribution in [2.45, 2.75) is 71.3 Å². The maximum Gasteiger partial charge on any atom is 0.0136 e. The molecule has 2 unspecified atom stereocenters. The minimum Gasteiger partial charge on any atom is -0.300 e. The molecule has 0 radical (unpaired) electrons. The second-order valence-electron chi connectivity index (χ2n) is 7.40. The molecule has 0 aromatic heterocycles. The Labute approximate surface area is 125 Å². The van der Waals surface area contributed by atoms with Crippen LogP contribution in [0.5, 0.6) is 0 Å². The minimum absolute atomic E-state index is 0.255. The van der Waals surface area contributed by atoms with Crippen molar-refractivity contribution in [2.75, 3.05) is 13.1 Å². The lowest BCUT2D eigenvalue weighted by atomic mass is 9.81. The van der Waals surface area contributed by atoms with Crippen molar-refractivity contribution >= 4 is 0 Å². The number of hydrogen-bond acceptors (Lipinski definition) is 1. The van der Waals surface area contributed by atoms with E-state index in [1.807, 2.05) is 0 Å². The fourth-order valence-electron chi connectivity index (χ4n) is 3.49. The van der Waals surface area contributed by atoms with Gasteiger partial charge in [0.15, 0.2) is 0 Å². The van der Waals surface area contributed by atoms with E-state index in [9.17, 15) is 0 Å². The van der Waals surface area contributed by atoms with Crippen molar-refractivity contribution in [1.29, 1.82) is 0 Å². The smallest absolute Gasteiger partial charge is 0.0136 e. The van der Waals surface area contributed by atoms with Gasteiger partial charge in [0.1, 0.15) is 0 Å². The molecule has 1 aromatic rings. The Kier molecular flexibility index (Phi) is 4.90. The summed E-state index contributed by atoms with van der Waals surface area (Å²) in [5.41, 5.74) is 3.23. The van der Waals surface area contributed by atoms with Gasteiger partial charge >= 0.3 is 0 Å². The van der Waals surface area contributed by atoms with Gasteiger partial charge in [-0.05, 0) is 61.7 Å². The van der Waals surface area contributed by atoms with E-state index in [0.29, 0.717) is 12.0 Å². The minimum atomic E-state index is 0.255. The van der Waals surface area contributed by atoms with E-state index in [1.54, 1.807) is 0 Å². The van der Waals surface area contributed by atoms with Crippen LogP contribution >= 0.6 is 0 Å². The van der Waals surface area contributed by atoms with Crippen LogP contribution in [0.15, 0.2) is 24.3 Å². The van der Waals surface area contributed by atoms with Crippen LogP contribution < -0.4 is 0 Å². The summed E-state index contributed by atoms with van der Waals surface area (Å²) >= 11 is 0. The Morgan fingerprint density at radius 3 is 2.35 bits per heavy atom. The van der Waals surface area contributed by atoms with Crippen LogP contribution in [0.2, 0.25) is 0 Å². The van der Waals surface area contributed by atoms with E-state index in [0.717, 1.165) is 0 Å². The van der Waals surface area contributed by atoms with Crippen molar-refractivity contribution in [2.24, 2.45) is 0 Å². The van der Waals surface area contributed by atoms with E-state index in [2.05, 4.69) is 63.8 Å². The van der Waals surface area contributed by atoms with Crippen LogP contribution in [0.25, 0.3) is 0 Å². The molecule has 1 fully saturated rings. The second kappa shape index (κ2) is 6.30. The summed E-state index contributed by atoms with van der Waals surface area (Å²) in [6.45, 7) is 14.1. The lowest BCUT2D eigenvalue weighted by molar-refractivity contribution is 0.139. The van der Waals surface area contributed by atoms with Crippen LogP contribution in [0, 0.1) is 0 Å². The van der Waals surface area contributed by atoms with E-state index in [4.69, 9.17) is 0 Å². The first-order valence-corrected chi connectivity index (χ1v) is 8.28. The van der Waals surface area contributed by atoms with Gasteiger partial charge in [-0.3, -0.25) is 0 Å². The maximum atomic E-state index is 2.67. The van der Waals surface area contributed by atoms with Crippen LogP contribution in [0.1, 0.15) is 70.9 Å². The first-order chi connectivity index (χ1) is 9.43. The summed E-state index contributed by atoms with van der Waals surface area (Å²) in [6.07, 6.45) is 3.95. The summed E-state index contributed by atoms with van der Waals surface area (Å²) in [4.78, 5) is 2.67. The second-order valence-corrected chi connectivity index (χ2v) is 7.40. The first kappa shape index (κ1) is 15.6. The molecule has 2 rings (SSSR count). The molecule has 0 saturated carbocycles. The Morgan fingerprint density at radius 2 is 1.80 bits per heavy atom. The van der Waals surface area contributed by atoms with Crippen LogP contribution in [0.3, 0.4) is 0 Å². The molecule has 1 heteroatoms. The average molecular weight is 273 g/mol. The van der Waals surface area contributed by atoms with Gasteiger partial charge in [0.2, 0.25) is 0 Å². The predicted molar refractivity (Wildman–Crippen MR) is 88.4 cm³/mol. The van der Waals surface area contributed by atoms with Crippen molar-refractivity contribution in [3.63, 3.8) is 0 Å². The molecule has 1 saturated heterocycles. The molecular weight excluding hydrogens is 242 g/mol. The van der Waals surface area contributed by atoms with Gasteiger partial charge in [0.25, 0.3) is 0 Å². The van der Waals surface area contributed by atoms with E-state index < -0.39 is 0 Å². The van der Waals surface area contributed by atoms with Gasteiger partial charge in [0, 0.05) is 6.04 Å². The maximum absolute atomic E-state index is 2.67. The van der Waals surface area contributed by atoms with E-state index in [1.165, 1.54) is 43.5 Å². The quantitative estimate of drug-likeness (QED) is 0.752. The fraction of sp³-hybridized carbons (Fsp3) is 0.684. The molecule has 1 aliphatic rings. The third-order valence-electron chi connectivity index (χ3n) is 4.83.